The average Bonchev–Trinajstić information content (AvgIpc) is 3.40. The fourth-order valence-corrected chi connectivity index (χ4v) is 3.79. The van der Waals surface area contributed by atoms with Crippen molar-refractivity contribution in [3.8, 4) is 27.9 Å². The largest absolute Gasteiger partial charge is 0.497 e. The van der Waals surface area contributed by atoms with E-state index >= 15 is 0 Å². The minimum Gasteiger partial charge on any atom is -0.497 e. The fourth-order valence-electron chi connectivity index (χ4n) is 2.87. The second-order valence-electron chi connectivity index (χ2n) is 6.62. The maximum absolute atomic E-state index is 12.4. The van der Waals surface area contributed by atoms with E-state index in [9.17, 15) is 4.79 Å². The van der Waals surface area contributed by atoms with Crippen LogP contribution in [0.2, 0.25) is 5.02 Å². The predicted octanol–water partition coefficient (Wildman–Crippen LogP) is 4.98. The first-order chi connectivity index (χ1) is 15.0. The minimum atomic E-state index is -0.305. The fraction of sp³-hybridized carbons (Fsp3) is 0.136. The molecule has 0 unspecified atom stereocenters. The van der Waals surface area contributed by atoms with Crippen molar-refractivity contribution in [1.82, 2.24) is 14.8 Å². The molecule has 1 amide bonds. The third-order valence-corrected chi connectivity index (χ3v) is 5.39. The van der Waals surface area contributed by atoms with E-state index in [1.54, 1.807) is 42.1 Å². The maximum Gasteiger partial charge on any atom is 0.263 e. The van der Waals surface area contributed by atoms with Gasteiger partial charge in [0.25, 0.3) is 5.91 Å². The summed E-state index contributed by atoms with van der Waals surface area (Å²) in [4.78, 5) is 17.1. The zero-order chi connectivity index (χ0) is 21.8. The van der Waals surface area contributed by atoms with E-state index in [0.717, 1.165) is 22.7 Å². The third-order valence-electron chi connectivity index (χ3n) is 4.32. The van der Waals surface area contributed by atoms with Crippen molar-refractivity contribution in [2.45, 2.75) is 6.92 Å². The topological polar surface area (TPSA) is 78.3 Å². The van der Waals surface area contributed by atoms with E-state index in [1.807, 2.05) is 36.6 Å². The van der Waals surface area contributed by atoms with Crippen molar-refractivity contribution >= 4 is 34.7 Å². The highest BCUT2D eigenvalue weighted by Gasteiger charge is 2.15. The molecule has 7 nitrogen and oxygen atoms in total. The monoisotopic (exact) mass is 454 g/mol. The lowest BCUT2D eigenvalue weighted by atomic mass is 10.2. The van der Waals surface area contributed by atoms with Crippen molar-refractivity contribution in [2.24, 2.45) is 0 Å². The molecule has 158 valence electrons. The summed E-state index contributed by atoms with van der Waals surface area (Å²) in [7, 11) is 1.63. The summed E-state index contributed by atoms with van der Waals surface area (Å²) < 4.78 is 12.4. The second kappa shape index (κ2) is 9.20. The number of amides is 1. The molecular weight excluding hydrogens is 436 g/mol. The number of halogens is 1. The summed E-state index contributed by atoms with van der Waals surface area (Å²) in [5.41, 5.74) is 2.50. The zero-order valence-electron chi connectivity index (χ0n) is 16.8. The highest BCUT2D eigenvalue weighted by atomic mass is 35.5. The highest BCUT2D eigenvalue weighted by Crippen LogP contribution is 2.28. The number of hydrogen-bond acceptors (Lipinski definition) is 6. The summed E-state index contributed by atoms with van der Waals surface area (Å²) >= 11 is 7.29. The van der Waals surface area contributed by atoms with Gasteiger partial charge in [0.15, 0.2) is 6.61 Å². The SMILES string of the molecule is COc1cccc(-c2csc(-n3nc(C)cc3NC(=O)COc3ccc(Cl)cc3)n2)c1. The molecule has 0 saturated carbocycles. The first kappa shape index (κ1) is 20.9. The number of rotatable bonds is 7. The maximum atomic E-state index is 12.4. The summed E-state index contributed by atoms with van der Waals surface area (Å²) in [6, 6.07) is 16.3. The number of thiazole rings is 1. The number of hydrogen-bond donors (Lipinski definition) is 1. The van der Waals surface area contributed by atoms with E-state index in [-0.39, 0.29) is 12.5 Å². The van der Waals surface area contributed by atoms with Crippen LogP contribution in [0.15, 0.2) is 60.0 Å². The molecule has 9 heteroatoms. The average molecular weight is 455 g/mol. The quantitative estimate of drug-likeness (QED) is 0.426. The van der Waals surface area contributed by atoms with Gasteiger partial charge in [-0.2, -0.15) is 9.78 Å². The molecule has 0 radical (unpaired) electrons. The second-order valence-corrected chi connectivity index (χ2v) is 7.89. The van der Waals surface area contributed by atoms with E-state index in [4.69, 9.17) is 21.1 Å². The van der Waals surface area contributed by atoms with E-state index in [0.29, 0.717) is 21.7 Å². The molecule has 0 aliphatic carbocycles. The molecule has 2 heterocycles. The Balaban J connectivity index is 1.49. The van der Waals surface area contributed by atoms with Crippen molar-refractivity contribution in [3.05, 3.63) is 70.7 Å². The molecule has 0 aliphatic heterocycles. The molecule has 2 aromatic carbocycles. The number of nitrogens with one attached hydrogen (secondary N) is 1. The van der Waals surface area contributed by atoms with Crippen LogP contribution in [0.5, 0.6) is 11.5 Å². The Bertz CT molecular complexity index is 1200. The molecule has 1 N–H and O–H groups in total. The van der Waals surface area contributed by atoms with Crippen LogP contribution < -0.4 is 14.8 Å². The number of ether oxygens (including phenoxy) is 2. The molecular formula is C22H19ClN4O3S. The molecule has 0 atom stereocenters. The Labute approximate surface area is 188 Å². The van der Waals surface area contributed by atoms with Crippen LogP contribution in [0.4, 0.5) is 5.82 Å². The van der Waals surface area contributed by atoms with Gasteiger partial charge < -0.3 is 14.8 Å². The standard InChI is InChI=1S/C22H19ClN4O3S/c1-14-10-20(25-21(28)12-30-17-8-6-16(23)7-9-17)27(26-14)22-24-19(13-31-22)15-4-3-5-18(11-15)29-2/h3-11,13H,12H2,1-2H3,(H,25,28). The highest BCUT2D eigenvalue weighted by molar-refractivity contribution is 7.12. The van der Waals surface area contributed by atoms with Gasteiger partial charge in [-0.05, 0) is 43.3 Å². The molecule has 0 spiro atoms. The molecule has 4 aromatic rings. The number of nitrogens with zero attached hydrogens (tertiary/aromatic N) is 3. The lowest BCUT2D eigenvalue weighted by molar-refractivity contribution is -0.118. The van der Waals surface area contributed by atoms with Gasteiger partial charge in [-0.15, -0.1) is 11.3 Å². The van der Waals surface area contributed by atoms with Gasteiger partial charge in [-0.25, -0.2) is 4.98 Å². The third kappa shape index (κ3) is 5.04. The summed E-state index contributed by atoms with van der Waals surface area (Å²) in [6.45, 7) is 1.71. The molecule has 31 heavy (non-hydrogen) atoms. The lowest BCUT2D eigenvalue weighted by Gasteiger charge is -2.08. The normalized spacial score (nSPS) is 10.7. The number of carbonyl (C=O) groups excluding carboxylic acids is 1. The predicted molar refractivity (Wildman–Crippen MR) is 122 cm³/mol. The van der Waals surface area contributed by atoms with Gasteiger partial charge in [0.1, 0.15) is 17.3 Å². The van der Waals surface area contributed by atoms with Crippen LogP contribution in [-0.2, 0) is 4.79 Å². The molecule has 4 rings (SSSR count). The minimum absolute atomic E-state index is 0.140. The van der Waals surface area contributed by atoms with Crippen LogP contribution in [-0.4, -0.2) is 34.4 Å². The smallest absolute Gasteiger partial charge is 0.263 e. The van der Waals surface area contributed by atoms with Crippen LogP contribution in [0.1, 0.15) is 5.69 Å². The molecule has 0 bridgehead atoms. The van der Waals surface area contributed by atoms with E-state index < -0.39 is 0 Å². The van der Waals surface area contributed by atoms with Crippen LogP contribution >= 0.6 is 22.9 Å². The van der Waals surface area contributed by atoms with Gasteiger partial charge in [0.2, 0.25) is 5.13 Å². The van der Waals surface area contributed by atoms with Gasteiger partial charge in [-0.1, -0.05) is 23.7 Å². The van der Waals surface area contributed by atoms with E-state index in [1.165, 1.54) is 11.3 Å². The van der Waals surface area contributed by atoms with Crippen molar-refractivity contribution in [3.63, 3.8) is 0 Å². The number of anilines is 1. The van der Waals surface area contributed by atoms with Gasteiger partial charge >= 0.3 is 0 Å². The molecule has 0 aliphatic rings. The van der Waals surface area contributed by atoms with Crippen LogP contribution in [0, 0.1) is 6.92 Å². The van der Waals surface area contributed by atoms with Gasteiger partial charge in [0, 0.05) is 22.0 Å². The Morgan fingerprint density at radius 1 is 1.16 bits per heavy atom. The first-order valence-corrected chi connectivity index (χ1v) is 10.6. The molecule has 0 fully saturated rings. The molecule has 0 saturated heterocycles. The van der Waals surface area contributed by atoms with Crippen molar-refractivity contribution in [1.29, 1.82) is 0 Å². The number of aryl methyl sites for hydroxylation is 1. The van der Waals surface area contributed by atoms with Gasteiger partial charge in [0.05, 0.1) is 18.5 Å². The summed E-state index contributed by atoms with van der Waals surface area (Å²) in [5.74, 6) is 1.54. The lowest BCUT2D eigenvalue weighted by Crippen LogP contribution is -2.21. The van der Waals surface area contributed by atoms with Gasteiger partial charge in [-0.3, -0.25) is 4.79 Å². The van der Waals surface area contributed by atoms with Crippen LogP contribution in [0.3, 0.4) is 0 Å². The zero-order valence-corrected chi connectivity index (χ0v) is 18.4. The first-order valence-electron chi connectivity index (χ1n) is 9.37. The number of aromatic nitrogens is 3. The van der Waals surface area contributed by atoms with Crippen molar-refractivity contribution < 1.29 is 14.3 Å². The number of carbonyl (C=O) groups is 1. The Morgan fingerprint density at radius 3 is 2.74 bits per heavy atom. The summed E-state index contributed by atoms with van der Waals surface area (Å²) in [6.07, 6.45) is 0. The number of methoxy groups -OCH3 is 1. The van der Waals surface area contributed by atoms with Crippen LogP contribution in [0.25, 0.3) is 16.4 Å². The number of benzene rings is 2. The Hall–Kier alpha value is -3.36. The van der Waals surface area contributed by atoms with E-state index in [2.05, 4.69) is 15.4 Å². The summed E-state index contributed by atoms with van der Waals surface area (Å²) in [5, 5.41) is 10.5. The molecule has 2 aromatic heterocycles. The van der Waals surface area contributed by atoms with Crippen molar-refractivity contribution in [2.75, 3.05) is 19.0 Å². The Kier molecular flexibility index (Phi) is 6.20. The Morgan fingerprint density at radius 2 is 1.97 bits per heavy atom.